The molecule has 0 saturated carbocycles. The van der Waals surface area contributed by atoms with Crippen LogP contribution in [0, 0.1) is 12.7 Å². The Balaban J connectivity index is 2.79. The van der Waals surface area contributed by atoms with Crippen LogP contribution in [-0.2, 0) is 0 Å². The summed E-state index contributed by atoms with van der Waals surface area (Å²) < 4.78 is 14.2. The summed E-state index contributed by atoms with van der Waals surface area (Å²) in [6.07, 6.45) is 0. The molecule has 5 heteroatoms. The van der Waals surface area contributed by atoms with Gasteiger partial charge in [-0.25, -0.2) is 4.39 Å². The highest BCUT2D eigenvalue weighted by Gasteiger charge is 2.19. The van der Waals surface area contributed by atoms with Gasteiger partial charge in [0.15, 0.2) is 0 Å². The summed E-state index contributed by atoms with van der Waals surface area (Å²) in [6, 6.07) is 3.22. The normalized spacial score (nSPS) is 10.9. The molecule has 0 unspecified atom stereocenters. The Bertz CT molecular complexity index is 481. The van der Waals surface area contributed by atoms with Crippen LogP contribution >= 0.6 is 11.3 Å². The predicted molar refractivity (Wildman–Crippen MR) is 56.3 cm³/mol. The third-order valence-electron chi connectivity index (χ3n) is 2.08. The molecule has 0 saturated heterocycles. The Morgan fingerprint density at radius 1 is 1.36 bits per heavy atom. The van der Waals surface area contributed by atoms with E-state index in [1.54, 1.807) is 12.3 Å². The van der Waals surface area contributed by atoms with E-state index in [9.17, 15) is 4.39 Å². The molecule has 72 valence electrons. The van der Waals surface area contributed by atoms with Crippen LogP contribution in [0.3, 0.4) is 0 Å². The molecule has 0 amide bonds. The summed E-state index contributed by atoms with van der Waals surface area (Å²) in [5.41, 5.74) is 1.07. The first kappa shape index (κ1) is 9.64. The molecule has 0 aliphatic carbocycles. The van der Waals surface area contributed by atoms with Gasteiger partial charge < -0.3 is 10.0 Å². The molecule has 1 aromatic heterocycles. The van der Waals surface area contributed by atoms with Gasteiger partial charge in [-0.3, -0.25) is 0 Å². The van der Waals surface area contributed by atoms with Crippen LogP contribution in [0.5, 0.6) is 0 Å². The Labute approximate surface area is 84.8 Å². The molecule has 1 heterocycles. The van der Waals surface area contributed by atoms with E-state index in [1.165, 1.54) is 17.4 Å². The molecular weight excluding hydrogens is 202 g/mol. The SMILES string of the molecule is Cc1cc(F)c2c(B(O)O)csc2c1. The molecule has 0 spiro atoms. The van der Waals surface area contributed by atoms with E-state index in [4.69, 9.17) is 10.0 Å². The average molecular weight is 210 g/mol. The second kappa shape index (κ2) is 3.35. The second-order valence-electron chi connectivity index (χ2n) is 3.18. The van der Waals surface area contributed by atoms with Gasteiger partial charge in [0, 0.05) is 15.5 Å². The van der Waals surface area contributed by atoms with Crippen molar-refractivity contribution in [3.05, 3.63) is 28.9 Å². The monoisotopic (exact) mass is 210 g/mol. The van der Waals surface area contributed by atoms with Gasteiger partial charge in [-0.1, -0.05) is 0 Å². The highest BCUT2D eigenvalue weighted by Crippen LogP contribution is 2.23. The molecule has 0 bridgehead atoms. The van der Waals surface area contributed by atoms with E-state index >= 15 is 0 Å². The fourth-order valence-corrected chi connectivity index (χ4v) is 2.54. The molecule has 2 rings (SSSR count). The number of benzene rings is 1. The third-order valence-corrected chi connectivity index (χ3v) is 3.03. The van der Waals surface area contributed by atoms with Gasteiger partial charge >= 0.3 is 7.12 Å². The summed E-state index contributed by atoms with van der Waals surface area (Å²) in [5, 5.41) is 19.9. The van der Waals surface area contributed by atoms with E-state index in [0.29, 0.717) is 5.39 Å². The Hall–Kier alpha value is -0.905. The summed E-state index contributed by atoms with van der Waals surface area (Å²) in [5.74, 6) is -0.399. The first-order valence-corrected chi connectivity index (χ1v) is 5.01. The Morgan fingerprint density at radius 3 is 2.71 bits per heavy atom. The van der Waals surface area contributed by atoms with E-state index < -0.39 is 12.9 Å². The van der Waals surface area contributed by atoms with E-state index in [2.05, 4.69) is 0 Å². The number of aryl methyl sites for hydroxylation is 1. The van der Waals surface area contributed by atoms with Crippen molar-refractivity contribution in [2.45, 2.75) is 6.92 Å². The summed E-state index contributed by atoms with van der Waals surface area (Å²) in [6.45, 7) is 1.80. The van der Waals surface area contributed by atoms with Gasteiger partial charge in [-0.15, -0.1) is 11.3 Å². The van der Waals surface area contributed by atoms with Crippen LogP contribution in [0.25, 0.3) is 10.1 Å². The Kier molecular flexibility index (Phi) is 2.30. The van der Waals surface area contributed by atoms with Gasteiger partial charge in [0.05, 0.1) is 0 Å². The maximum Gasteiger partial charge on any atom is 0.490 e. The molecule has 2 N–H and O–H groups in total. The minimum atomic E-state index is -1.61. The minimum absolute atomic E-state index is 0.238. The highest BCUT2D eigenvalue weighted by molar-refractivity contribution is 7.18. The van der Waals surface area contributed by atoms with Crippen molar-refractivity contribution in [1.82, 2.24) is 0 Å². The lowest BCUT2D eigenvalue weighted by Gasteiger charge is -1.99. The standard InChI is InChI=1S/C9H8BFO2S/c1-5-2-7(11)9-6(10(12)13)4-14-8(9)3-5/h2-4,12-13H,1H3. The van der Waals surface area contributed by atoms with Crippen LogP contribution in [0.2, 0.25) is 0 Å². The lowest BCUT2D eigenvalue weighted by atomic mass is 9.80. The molecule has 0 aliphatic rings. The number of halogens is 1. The van der Waals surface area contributed by atoms with E-state index in [1.807, 2.05) is 6.07 Å². The summed E-state index contributed by atoms with van der Waals surface area (Å²) in [7, 11) is -1.61. The lowest BCUT2D eigenvalue weighted by Crippen LogP contribution is -2.29. The smallest absolute Gasteiger partial charge is 0.423 e. The number of hydrogen-bond donors (Lipinski definition) is 2. The lowest BCUT2D eigenvalue weighted by molar-refractivity contribution is 0.426. The number of rotatable bonds is 1. The molecule has 0 atom stereocenters. The molecule has 0 radical (unpaired) electrons. The molecule has 14 heavy (non-hydrogen) atoms. The van der Waals surface area contributed by atoms with Gasteiger partial charge in [0.1, 0.15) is 5.82 Å². The van der Waals surface area contributed by atoms with Crippen LogP contribution in [0.15, 0.2) is 17.5 Å². The number of thiophene rings is 1. The van der Waals surface area contributed by atoms with Crippen LogP contribution in [0.1, 0.15) is 5.56 Å². The summed E-state index contributed by atoms with van der Waals surface area (Å²) in [4.78, 5) is 0. The third kappa shape index (κ3) is 1.43. The average Bonchev–Trinajstić information content (AvgIpc) is 2.47. The second-order valence-corrected chi connectivity index (χ2v) is 4.10. The van der Waals surface area contributed by atoms with Gasteiger partial charge in [-0.2, -0.15) is 0 Å². The topological polar surface area (TPSA) is 40.5 Å². The molecule has 2 aromatic rings. The molecule has 2 nitrogen and oxygen atoms in total. The molecular formula is C9H8BFO2S. The number of hydrogen-bond acceptors (Lipinski definition) is 3. The van der Waals surface area contributed by atoms with Crippen molar-refractivity contribution < 1.29 is 14.4 Å². The van der Waals surface area contributed by atoms with Gasteiger partial charge in [0.2, 0.25) is 0 Å². The molecule has 0 fully saturated rings. The fourth-order valence-electron chi connectivity index (χ4n) is 1.46. The zero-order valence-electron chi connectivity index (χ0n) is 7.49. The summed E-state index contributed by atoms with van der Waals surface area (Å²) >= 11 is 1.31. The van der Waals surface area contributed by atoms with Crippen molar-refractivity contribution in [2.24, 2.45) is 0 Å². The first-order chi connectivity index (χ1) is 6.59. The fraction of sp³-hybridized carbons (Fsp3) is 0.111. The van der Waals surface area contributed by atoms with Crippen LogP contribution < -0.4 is 5.46 Å². The van der Waals surface area contributed by atoms with E-state index in [0.717, 1.165) is 10.3 Å². The predicted octanol–water partition coefficient (Wildman–Crippen LogP) is 1.03. The zero-order valence-corrected chi connectivity index (χ0v) is 8.31. The number of fused-ring (bicyclic) bond motifs is 1. The van der Waals surface area contributed by atoms with Crippen LogP contribution in [0.4, 0.5) is 4.39 Å². The molecule has 1 aromatic carbocycles. The quantitative estimate of drug-likeness (QED) is 0.690. The van der Waals surface area contributed by atoms with Crippen LogP contribution in [-0.4, -0.2) is 17.2 Å². The maximum absolute atomic E-state index is 13.5. The van der Waals surface area contributed by atoms with Crippen molar-refractivity contribution in [3.63, 3.8) is 0 Å². The van der Waals surface area contributed by atoms with Crippen molar-refractivity contribution in [3.8, 4) is 0 Å². The zero-order chi connectivity index (χ0) is 10.3. The van der Waals surface area contributed by atoms with Crippen molar-refractivity contribution in [2.75, 3.05) is 0 Å². The van der Waals surface area contributed by atoms with Gasteiger partial charge in [0.25, 0.3) is 0 Å². The largest absolute Gasteiger partial charge is 0.490 e. The highest BCUT2D eigenvalue weighted by atomic mass is 32.1. The minimum Gasteiger partial charge on any atom is -0.423 e. The van der Waals surface area contributed by atoms with Crippen molar-refractivity contribution >= 4 is 34.0 Å². The van der Waals surface area contributed by atoms with Crippen molar-refractivity contribution in [1.29, 1.82) is 0 Å². The molecule has 0 aliphatic heterocycles. The first-order valence-electron chi connectivity index (χ1n) is 4.13. The van der Waals surface area contributed by atoms with E-state index in [-0.39, 0.29) is 5.46 Å². The maximum atomic E-state index is 13.5. The van der Waals surface area contributed by atoms with Gasteiger partial charge in [-0.05, 0) is 30.0 Å². The Morgan fingerprint density at radius 2 is 2.07 bits per heavy atom.